The number of morpholine rings is 1. The number of halogens is 4. The molecule has 11 atom stereocenters. The zero-order valence-corrected chi connectivity index (χ0v) is 58.8. The fraction of sp³-hybridized carbons (Fsp3) is 0.781. The Balaban J connectivity index is 1.09. The second-order valence-electron chi connectivity index (χ2n) is 29.4. The number of carbonyl (C=O) groups excluding carboxylic acids is 1. The minimum atomic E-state index is -4.51. The number of fused-ring (bicyclic) bond motifs is 2. The van der Waals surface area contributed by atoms with E-state index in [0.29, 0.717) is 81.3 Å². The summed E-state index contributed by atoms with van der Waals surface area (Å²) in [6, 6.07) is 6.01. The second kappa shape index (κ2) is 35.4. The molecule has 91 heavy (non-hydrogen) atoms. The van der Waals surface area contributed by atoms with Gasteiger partial charge in [-0.05, 0) is 146 Å². The van der Waals surface area contributed by atoms with Gasteiger partial charge in [0.05, 0.1) is 36.3 Å². The van der Waals surface area contributed by atoms with Gasteiger partial charge in [-0.1, -0.05) is 110 Å². The molecular formula is C73H122ClF3N12O2. The van der Waals surface area contributed by atoms with Crippen molar-refractivity contribution < 1.29 is 22.7 Å². The van der Waals surface area contributed by atoms with Gasteiger partial charge in [-0.25, -0.2) is 0 Å². The molecule has 514 valence electrons. The molecule has 4 aliphatic heterocycles. The van der Waals surface area contributed by atoms with Crippen molar-refractivity contribution in [3.63, 3.8) is 0 Å². The van der Waals surface area contributed by atoms with Crippen LogP contribution >= 0.6 is 11.6 Å². The highest BCUT2D eigenvalue weighted by atomic mass is 35.5. The van der Waals surface area contributed by atoms with E-state index in [0.717, 1.165) is 95.0 Å². The molecule has 6 N–H and O–H groups in total. The first-order chi connectivity index (χ1) is 43.6. The van der Waals surface area contributed by atoms with Gasteiger partial charge in [0.25, 0.3) is 0 Å². The molecule has 1 amide bonds. The molecule has 0 bridgehead atoms. The smallest absolute Gasteiger partial charge is 0.378 e. The topological polar surface area (TPSA) is 127 Å². The summed E-state index contributed by atoms with van der Waals surface area (Å²) < 4.78 is 46.9. The predicted molar refractivity (Wildman–Crippen MR) is 370 cm³/mol. The highest BCUT2D eigenvalue weighted by Gasteiger charge is 2.56. The molecule has 14 nitrogen and oxygen atoms in total. The van der Waals surface area contributed by atoms with Crippen LogP contribution in [0.1, 0.15) is 195 Å². The van der Waals surface area contributed by atoms with Crippen molar-refractivity contribution in [3.05, 3.63) is 82.3 Å². The number of aliphatic imine (C=N–C) groups is 1. The first kappa shape index (κ1) is 73.1. The Kier molecular flexibility index (Phi) is 28.4. The summed E-state index contributed by atoms with van der Waals surface area (Å²) in [6.45, 7) is 28.8. The molecule has 0 aromatic heterocycles. The third-order valence-electron chi connectivity index (χ3n) is 22.3. The van der Waals surface area contributed by atoms with Gasteiger partial charge in [0, 0.05) is 168 Å². The summed E-state index contributed by atoms with van der Waals surface area (Å²) in [6.07, 6.45) is 30.4. The van der Waals surface area contributed by atoms with Crippen LogP contribution in [-0.4, -0.2) is 176 Å². The minimum Gasteiger partial charge on any atom is -0.378 e. The first-order valence-electron chi connectivity index (χ1n) is 36.1. The molecule has 3 aliphatic carbocycles. The average molecular weight is 1290 g/mol. The van der Waals surface area contributed by atoms with Crippen LogP contribution in [0, 0.1) is 29.6 Å². The molecular weight excluding hydrogens is 1170 g/mol. The Hall–Kier alpha value is -3.68. The van der Waals surface area contributed by atoms with Gasteiger partial charge >= 0.3 is 6.18 Å². The lowest BCUT2D eigenvalue weighted by molar-refractivity contribution is -0.165. The van der Waals surface area contributed by atoms with Crippen LogP contribution in [0.5, 0.6) is 0 Å². The summed E-state index contributed by atoms with van der Waals surface area (Å²) >= 11 is 6.22. The van der Waals surface area contributed by atoms with Gasteiger partial charge in [0.15, 0.2) is 0 Å². The predicted octanol–water partition coefficient (Wildman–Crippen LogP) is 12.7. The maximum Gasteiger partial charge on any atom is 0.417 e. The second-order valence-corrected chi connectivity index (χ2v) is 29.8. The van der Waals surface area contributed by atoms with Gasteiger partial charge < -0.3 is 56.2 Å². The molecule has 7 aliphatic rings. The lowest BCUT2D eigenvalue weighted by Crippen LogP contribution is -2.76. The average Bonchev–Trinajstić information content (AvgIpc) is 1.50. The number of allylic oxidation sites excluding steroid dienone is 4. The molecule has 3 saturated carbocycles. The largest absolute Gasteiger partial charge is 0.417 e. The van der Waals surface area contributed by atoms with Crippen molar-refractivity contribution in [1.29, 1.82) is 0 Å². The zero-order chi connectivity index (χ0) is 65.2. The standard InChI is InChI=1S/C73H122ClF3N12O2/c1-12-52(4)67-46-82-66(43-51(2)3)54(6)81-47-68-69(71(90)87-39-41-91-42-40-87)57(9)89(68)70(60-23-16-17-24-60)55(7)84-72(31-18-19-32-72)50-79-35-34-78-33-30-61(28-26-59-27-29-64(65(74)45-59)73(75,76)77)80-36-38-85(10)48-63(44-58-21-14-13-15-22-58)86(11)49-62-25-20-37-88(62)56(8)53(5)83-67/h27,29-30,33,36,38,45,48-49,51-58,60,66-70,79-84H,12-26,28,31-32,34-35,37,39-44,46-47,50H2,1-11H3/t52-,53?,54?,55?,56-,57?,66-,67+,68?,69-,70+/m0/s1. The highest BCUT2D eigenvalue weighted by molar-refractivity contribution is 6.31. The van der Waals surface area contributed by atoms with Crippen LogP contribution in [0.15, 0.2) is 71.2 Å². The molecule has 8 rings (SSSR count). The Morgan fingerprint density at radius 1 is 0.846 bits per heavy atom. The fourth-order valence-electron chi connectivity index (χ4n) is 16.6. The van der Waals surface area contributed by atoms with Crippen LogP contribution in [0.2, 0.25) is 5.02 Å². The van der Waals surface area contributed by atoms with Gasteiger partial charge in [-0.3, -0.25) is 14.7 Å². The number of amides is 1. The molecule has 3 saturated heterocycles. The summed E-state index contributed by atoms with van der Waals surface area (Å²) in [5.74, 6) is 2.39. The maximum atomic E-state index is 14.9. The number of hydrogen-bond donors (Lipinski definition) is 6. The van der Waals surface area contributed by atoms with E-state index < -0.39 is 11.7 Å². The summed E-state index contributed by atoms with van der Waals surface area (Å²) in [5, 5.41) is 24.1. The molecule has 6 fully saturated rings. The van der Waals surface area contributed by atoms with Crippen molar-refractivity contribution >= 4 is 23.7 Å². The number of ether oxygens (including phenoxy) is 1. The number of carbonyl (C=O) groups is 1. The highest BCUT2D eigenvalue weighted by Crippen LogP contribution is 2.44. The Bertz CT molecular complexity index is 2540. The van der Waals surface area contributed by atoms with E-state index in [9.17, 15) is 18.0 Å². The number of nitrogens with zero attached hydrogens (tertiary/aromatic N) is 6. The monoisotopic (exact) mass is 1290 g/mol. The molecule has 5 unspecified atom stereocenters. The molecule has 0 radical (unpaired) electrons. The van der Waals surface area contributed by atoms with Gasteiger partial charge in [-0.15, -0.1) is 0 Å². The molecule has 1 aromatic carbocycles. The van der Waals surface area contributed by atoms with Crippen LogP contribution in [0.3, 0.4) is 0 Å². The van der Waals surface area contributed by atoms with E-state index in [1.54, 1.807) is 0 Å². The molecule has 4 heterocycles. The third kappa shape index (κ3) is 20.7. The van der Waals surface area contributed by atoms with E-state index in [1.165, 1.54) is 94.2 Å². The Morgan fingerprint density at radius 3 is 2.26 bits per heavy atom. The molecule has 1 spiro atoms. The summed E-state index contributed by atoms with van der Waals surface area (Å²) in [7, 11) is 4.32. The van der Waals surface area contributed by atoms with Crippen molar-refractivity contribution in [2.45, 2.75) is 257 Å². The number of benzene rings is 1. The minimum absolute atomic E-state index is 0.0450. The van der Waals surface area contributed by atoms with Crippen LogP contribution in [-0.2, 0) is 22.1 Å². The van der Waals surface area contributed by atoms with Gasteiger partial charge in [0.1, 0.15) is 0 Å². The van der Waals surface area contributed by atoms with E-state index in [4.69, 9.17) is 21.3 Å². The maximum absolute atomic E-state index is 14.9. The van der Waals surface area contributed by atoms with Gasteiger partial charge in [0.2, 0.25) is 5.91 Å². The van der Waals surface area contributed by atoms with Crippen molar-refractivity contribution in [2.24, 2.45) is 34.6 Å². The summed E-state index contributed by atoms with van der Waals surface area (Å²) in [5.41, 5.74) is 3.43. The summed E-state index contributed by atoms with van der Waals surface area (Å²) in [4.78, 5) is 31.9. The van der Waals surface area contributed by atoms with Crippen molar-refractivity contribution in [3.8, 4) is 0 Å². The van der Waals surface area contributed by atoms with E-state index in [1.807, 2.05) is 18.5 Å². The SMILES string of the molecule is CC[C@H](C)[C@H]1CN[C@@H](CC(C)C)C(C)NCC2[C@@H](C(=O)N3CCOCC3)C(C)N2[C@@H](C2CCCC2)C(C)NC2(CCCC2)CNCCN=CC=C(CCc2ccc(C(F)(F)F)c(Cl)c2)NC=CN(C)C=C(CC2CCCCC2)N(C)C=C2CCCN2[C@@H](C)C(C)N1. The van der Waals surface area contributed by atoms with E-state index in [2.05, 4.69) is 151 Å². The van der Waals surface area contributed by atoms with Crippen LogP contribution in [0.4, 0.5) is 13.2 Å². The quantitative estimate of drug-likeness (QED) is 0.126. The lowest BCUT2D eigenvalue weighted by atomic mass is 9.74. The fourth-order valence-corrected chi connectivity index (χ4v) is 16.9. The van der Waals surface area contributed by atoms with E-state index in [-0.39, 0.29) is 64.8 Å². The van der Waals surface area contributed by atoms with Crippen molar-refractivity contribution in [2.75, 3.05) is 79.7 Å². The number of alkyl halides is 3. The van der Waals surface area contributed by atoms with Crippen molar-refractivity contribution in [1.82, 2.24) is 56.4 Å². The normalized spacial score (nSPS) is 30.7. The van der Waals surface area contributed by atoms with Crippen LogP contribution < -0.4 is 31.9 Å². The zero-order valence-electron chi connectivity index (χ0n) is 58.0. The Labute approximate surface area is 553 Å². The van der Waals surface area contributed by atoms with E-state index >= 15 is 0 Å². The Morgan fingerprint density at radius 2 is 1.57 bits per heavy atom. The van der Waals surface area contributed by atoms with Gasteiger partial charge in [-0.2, -0.15) is 13.2 Å². The molecule has 18 heteroatoms. The van der Waals surface area contributed by atoms with Crippen LogP contribution in [0.25, 0.3) is 0 Å². The number of hydrogen-bond acceptors (Lipinski definition) is 13. The number of rotatable bonds is 11. The third-order valence-corrected chi connectivity index (χ3v) is 22.6. The number of aryl methyl sites for hydroxylation is 1. The molecule has 1 aromatic rings. The lowest BCUT2D eigenvalue weighted by Gasteiger charge is -2.60. The first-order valence-corrected chi connectivity index (χ1v) is 36.5. The number of nitrogens with one attached hydrogen (secondary N) is 6.